The summed E-state index contributed by atoms with van der Waals surface area (Å²) >= 11 is 5.82. The second-order valence-electron chi connectivity index (χ2n) is 8.01. The number of fused-ring (bicyclic) bond motifs is 1. The zero-order valence-electron chi connectivity index (χ0n) is 19.6. The van der Waals surface area contributed by atoms with Crippen LogP contribution in [-0.4, -0.2) is 29.1 Å². The Morgan fingerprint density at radius 2 is 1.97 bits per heavy atom. The van der Waals surface area contributed by atoms with Crippen LogP contribution >= 0.6 is 11.6 Å². The lowest BCUT2D eigenvalue weighted by molar-refractivity contribution is -0.384. The van der Waals surface area contributed by atoms with Gasteiger partial charge in [0.25, 0.3) is 17.5 Å². The lowest BCUT2D eigenvalue weighted by atomic mass is 9.93. The van der Waals surface area contributed by atoms with E-state index in [1.54, 1.807) is 25.1 Å². The van der Waals surface area contributed by atoms with Crippen molar-refractivity contribution < 1.29 is 23.7 Å². The second kappa shape index (κ2) is 10.6. The molecule has 186 valence electrons. The summed E-state index contributed by atoms with van der Waals surface area (Å²) in [7, 11) is 0. The van der Waals surface area contributed by atoms with Crippen molar-refractivity contribution in [2.24, 2.45) is 5.10 Å². The number of carbonyl (C=O) groups excluding carboxylic acids is 2. The number of halogens is 1. The van der Waals surface area contributed by atoms with Gasteiger partial charge in [-0.15, -0.1) is 0 Å². The number of rotatable bonds is 7. The number of furan rings is 1. The molecule has 0 unspecified atom stereocenters. The number of ether oxygens (including phenoxy) is 1. The maximum absolute atomic E-state index is 13.0. The first-order chi connectivity index (χ1) is 17.3. The van der Waals surface area contributed by atoms with Crippen LogP contribution in [0.15, 0.2) is 52.0 Å². The monoisotopic (exact) mass is 510 g/mol. The molecule has 4 rings (SSSR count). The fourth-order valence-electron chi connectivity index (χ4n) is 4.00. The average molecular weight is 511 g/mol. The van der Waals surface area contributed by atoms with Crippen LogP contribution in [0.1, 0.15) is 57.6 Å². The summed E-state index contributed by atoms with van der Waals surface area (Å²) in [6.07, 6.45) is 1.90. The number of nitro groups is 1. The molecule has 10 nitrogen and oxygen atoms in total. The summed E-state index contributed by atoms with van der Waals surface area (Å²) in [6.45, 7) is 4.07. The fourth-order valence-corrected chi connectivity index (χ4v) is 4.19. The molecule has 0 aliphatic heterocycles. The largest absolute Gasteiger partial charge is 0.492 e. The third-order valence-electron chi connectivity index (χ3n) is 5.66. The Morgan fingerprint density at radius 3 is 2.72 bits per heavy atom. The second-order valence-corrected chi connectivity index (χ2v) is 8.42. The minimum absolute atomic E-state index is 0.0448. The highest BCUT2D eigenvalue weighted by Gasteiger charge is 2.28. The minimum Gasteiger partial charge on any atom is -0.492 e. The molecule has 2 amide bonds. The number of aryl methyl sites for hydroxylation is 1. The maximum Gasteiger partial charge on any atom is 0.291 e. The van der Waals surface area contributed by atoms with E-state index in [0.29, 0.717) is 53.5 Å². The molecule has 2 aromatic carbocycles. The van der Waals surface area contributed by atoms with Crippen molar-refractivity contribution in [2.45, 2.75) is 33.1 Å². The zero-order valence-corrected chi connectivity index (χ0v) is 20.3. The highest BCUT2D eigenvalue weighted by molar-refractivity contribution is 6.32. The quantitative estimate of drug-likeness (QED) is 0.328. The number of carbonyl (C=O) groups is 2. The van der Waals surface area contributed by atoms with Crippen molar-refractivity contribution >= 4 is 40.5 Å². The number of nitrogens with zero attached hydrogens (tertiary/aromatic N) is 2. The predicted octanol–water partition coefficient (Wildman–Crippen LogP) is 5.27. The van der Waals surface area contributed by atoms with Crippen LogP contribution < -0.4 is 15.5 Å². The van der Waals surface area contributed by atoms with Crippen LogP contribution in [0.4, 0.5) is 11.4 Å². The molecule has 0 saturated carbocycles. The minimum atomic E-state index is -0.660. The first-order valence-corrected chi connectivity index (χ1v) is 11.6. The van der Waals surface area contributed by atoms with Crippen LogP contribution in [0.2, 0.25) is 5.02 Å². The third kappa shape index (κ3) is 5.08. The Morgan fingerprint density at radius 1 is 1.19 bits per heavy atom. The third-order valence-corrected chi connectivity index (χ3v) is 5.98. The van der Waals surface area contributed by atoms with E-state index in [0.717, 1.165) is 12.5 Å². The molecule has 0 atom stereocenters. The number of hydrogen-bond donors (Lipinski definition) is 2. The summed E-state index contributed by atoms with van der Waals surface area (Å²) in [5.41, 5.74) is 4.48. The van der Waals surface area contributed by atoms with Crippen LogP contribution in [0, 0.1) is 17.0 Å². The van der Waals surface area contributed by atoms with Crippen molar-refractivity contribution in [1.82, 2.24) is 5.43 Å². The molecule has 0 fully saturated rings. The van der Waals surface area contributed by atoms with E-state index in [2.05, 4.69) is 15.8 Å². The van der Waals surface area contributed by atoms with E-state index in [-0.39, 0.29) is 22.0 Å². The van der Waals surface area contributed by atoms with Gasteiger partial charge in [0.1, 0.15) is 16.5 Å². The van der Waals surface area contributed by atoms with Gasteiger partial charge in [0.2, 0.25) is 0 Å². The molecule has 1 aliphatic rings. The summed E-state index contributed by atoms with van der Waals surface area (Å²) in [6, 6.07) is 10.9. The summed E-state index contributed by atoms with van der Waals surface area (Å²) in [5, 5.41) is 18.1. The number of benzene rings is 2. The zero-order chi connectivity index (χ0) is 25.8. The van der Waals surface area contributed by atoms with Gasteiger partial charge in [-0.25, -0.2) is 5.43 Å². The van der Waals surface area contributed by atoms with Gasteiger partial charge in [0.15, 0.2) is 5.76 Å². The number of para-hydroxylation sites is 2. The van der Waals surface area contributed by atoms with Crippen molar-refractivity contribution in [3.8, 4) is 5.75 Å². The van der Waals surface area contributed by atoms with Gasteiger partial charge in [0.05, 0.1) is 22.9 Å². The Balaban J connectivity index is 1.57. The van der Waals surface area contributed by atoms with Crippen molar-refractivity contribution in [2.75, 3.05) is 11.9 Å². The van der Waals surface area contributed by atoms with Gasteiger partial charge in [-0.3, -0.25) is 19.7 Å². The molecule has 0 spiro atoms. The molecule has 0 saturated heterocycles. The van der Waals surface area contributed by atoms with E-state index < -0.39 is 16.7 Å². The Hall–Kier alpha value is -4.18. The van der Waals surface area contributed by atoms with Gasteiger partial charge in [-0.05, 0) is 51.0 Å². The first kappa shape index (κ1) is 24.9. The molecule has 1 heterocycles. The molecular formula is C25H23ClN4O6. The summed E-state index contributed by atoms with van der Waals surface area (Å²) in [4.78, 5) is 36.1. The van der Waals surface area contributed by atoms with E-state index in [1.165, 1.54) is 12.1 Å². The topological polar surface area (TPSA) is 136 Å². The highest BCUT2D eigenvalue weighted by atomic mass is 35.5. The van der Waals surface area contributed by atoms with Crippen LogP contribution in [0.3, 0.4) is 0 Å². The molecule has 0 radical (unpaired) electrons. The lowest BCUT2D eigenvalue weighted by Crippen LogP contribution is -2.22. The Kier molecular flexibility index (Phi) is 7.35. The van der Waals surface area contributed by atoms with E-state index in [9.17, 15) is 19.7 Å². The number of amides is 2. The molecule has 2 N–H and O–H groups in total. The molecule has 1 aromatic heterocycles. The van der Waals surface area contributed by atoms with Crippen molar-refractivity contribution in [1.29, 1.82) is 0 Å². The molecule has 0 bridgehead atoms. The van der Waals surface area contributed by atoms with Gasteiger partial charge in [-0.1, -0.05) is 23.7 Å². The number of hydrogen-bond acceptors (Lipinski definition) is 7. The van der Waals surface area contributed by atoms with Gasteiger partial charge >= 0.3 is 0 Å². The van der Waals surface area contributed by atoms with Crippen molar-refractivity contribution in [3.63, 3.8) is 0 Å². The molecule has 1 aliphatic carbocycles. The molecular weight excluding hydrogens is 488 g/mol. The summed E-state index contributed by atoms with van der Waals surface area (Å²) in [5.74, 6) is 0.263. The molecule has 3 aromatic rings. The van der Waals surface area contributed by atoms with E-state index in [4.69, 9.17) is 20.8 Å². The maximum atomic E-state index is 13.0. The highest BCUT2D eigenvalue weighted by Crippen LogP contribution is 2.31. The number of nitro benzene ring substituents is 1. The molecule has 11 heteroatoms. The lowest BCUT2D eigenvalue weighted by Gasteiger charge is -2.13. The number of nitrogens with one attached hydrogen (secondary N) is 2. The summed E-state index contributed by atoms with van der Waals surface area (Å²) < 4.78 is 11.5. The molecule has 36 heavy (non-hydrogen) atoms. The van der Waals surface area contributed by atoms with E-state index in [1.807, 2.05) is 13.0 Å². The predicted molar refractivity (Wildman–Crippen MR) is 134 cm³/mol. The fraction of sp³-hybridized carbons (Fsp3) is 0.240. The van der Waals surface area contributed by atoms with Gasteiger partial charge < -0.3 is 14.5 Å². The average Bonchev–Trinajstić information content (AvgIpc) is 3.21. The SMILES string of the molecule is CCOc1ccccc1NC(=O)c1oc2c(c1C)/C(=N/NC(=O)c1ccc(Cl)c([N+](=O)[O-])c1)CCC2. The van der Waals surface area contributed by atoms with Gasteiger partial charge in [0, 0.05) is 29.2 Å². The van der Waals surface area contributed by atoms with E-state index >= 15 is 0 Å². The van der Waals surface area contributed by atoms with Crippen LogP contribution in [-0.2, 0) is 6.42 Å². The normalized spacial score (nSPS) is 13.7. The smallest absolute Gasteiger partial charge is 0.291 e. The first-order valence-electron chi connectivity index (χ1n) is 11.3. The van der Waals surface area contributed by atoms with Crippen LogP contribution in [0.25, 0.3) is 0 Å². The number of hydrazone groups is 1. The van der Waals surface area contributed by atoms with Crippen molar-refractivity contribution in [3.05, 3.63) is 85.8 Å². The Labute approximate surface area is 211 Å². The Bertz CT molecular complexity index is 1380. The van der Waals surface area contributed by atoms with Gasteiger partial charge in [-0.2, -0.15) is 5.10 Å². The standard InChI is InChI=1S/C25H23ClN4O6/c1-3-35-20-9-5-4-7-17(20)27-25(32)23-14(2)22-18(8-6-10-21(22)36-23)28-29-24(31)15-11-12-16(26)19(13-15)30(33)34/h4-5,7,9,11-13H,3,6,8,10H2,1-2H3,(H,27,32)(H,29,31)/b28-18+. The number of anilines is 1. The van der Waals surface area contributed by atoms with Crippen LogP contribution in [0.5, 0.6) is 5.75 Å².